The second-order valence-electron chi connectivity index (χ2n) is 3.10. The van der Waals surface area contributed by atoms with Crippen LogP contribution in [0.1, 0.15) is 18.5 Å². The molecule has 0 radical (unpaired) electrons. The van der Waals surface area contributed by atoms with Crippen LogP contribution < -0.4 is 11.5 Å². The number of nitrogens with zero attached hydrogens (tertiary/aromatic N) is 2. The molecule has 1 atom stereocenters. The maximum atomic E-state index is 10.6. The van der Waals surface area contributed by atoms with E-state index in [1.54, 1.807) is 18.6 Å². The van der Waals surface area contributed by atoms with Gasteiger partial charge in [0.1, 0.15) is 0 Å². The van der Waals surface area contributed by atoms with Gasteiger partial charge in [0.2, 0.25) is 5.91 Å². The van der Waals surface area contributed by atoms with Gasteiger partial charge in [0.25, 0.3) is 0 Å². The Morgan fingerprint density at radius 3 is 2.86 bits per heavy atom. The fourth-order valence-electron chi connectivity index (χ4n) is 1.10. The highest BCUT2D eigenvalue weighted by molar-refractivity contribution is 5.79. The molecule has 0 saturated carbocycles. The lowest BCUT2D eigenvalue weighted by Gasteiger charge is -2.05. The monoisotopic (exact) mass is 194 g/mol. The van der Waals surface area contributed by atoms with E-state index in [-0.39, 0.29) is 0 Å². The summed E-state index contributed by atoms with van der Waals surface area (Å²) in [5.41, 5.74) is 11.4. The molecule has 0 spiro atoms. The number of rotatable bonds is 5. The second-order valence-corrected chi connectivity index (χ2v) is 3.10. The highest BCUT2D eigenvalue weighted by atomic mass is 16.1. The minimum atomic E-state index is -0.549. The van der Waals surface area contributed by atoms with Gasteiger partial charge in [-0.15, -0.1) is 0 Å². The van der Waals surface area contributed by atoms with E-state index in [0.717, 1.165) is 18.5 Å². The van der Waals surface area contributed by atoms with Gasteiger partial charge in [-0.25, -0.2) is 0 Å². The molecule has 0 saturated heterocycles. The quantitative estimate of drug-likeness (QED) is 0.667. The van der Waals surface area contributed by atoms with Gasteiger partial charge < -0.3 is 11.5 Å². The molecule has 0 aliphatic heterocycles. The molecule has 1 heterocycles. The molecular weight excluding hydrogens is 180 g/mol. The Labute approximate surface area is 82.5 Å². The van der Waals surface area contributed by atoms with Crippen molar-refractivity contribution in [3.63, 3.8) is 0 Å². The lowest BCUT2D eigenvalue weighted by Crippen LogP contribution is -2.36. The molecule has 0 fully saturated rings. The van der Waals surface area contributed by atoms with Crippen molar-refractivity contribution in [2.45, 2.75) is 25.3 Å². The van der Waals surface area contributed by atoms with Gasteiger partial charge in [-0.1, -0.05) is 0 Å². The molecule has 0 bridgehead atoms. The van der Waals surface area contributed by atoms with Crippen LogP contribution in [0.2, 0.25) is 0 Å². The predicted molar refractivity (Wildman–Crippen MR) is 52.1 cm³/mol. The molecule has 5 nitrogen and oxygen atoms in total. The predicted octanol–water partition coefficient (Wildman–Crippen LogP) is -0.388. The van der Waals surface area contributed by atoms with Crippen LogP contribution >= 0.6 is 0 Å². The largest absolute Gasteiger partial charge is 0.368 e. The van der Waals surface area contributed by atoms with Crippen molar-refractivity contribution in [1.29, 1.82) is 0 Å². The number of nitrogens with two attached hydrogens (primary N) is 2. The molecule has 1 aromatic heterocycles. The Morgan fingerprint density at radius 2 is 2.29 bits per heavy atom. The molecule has 0 unspecified atom stereocenters. The highest BCUT2D eigenvalue weighted by Gasteiger charge is 2.08. The molecule has 14 heavy (non-hydrogen) atoms. The van der Waals surface area contributed by atoms with Gasteiger partial charge in [0.05, 0.1) is 11.7 Å². The Hall–Kier alpha value is -1.49. The first kappa shape index (κ1) is 10.6. The molecule has 1 rings (SSSR count). The lowest BCUT2D eigenvalue weighted by molar-refractivity contribution is -0.119. The van der Waals surface area contributed by atoms with E-state index in [2.05, 4.69) is 9.97 Å². The molecule has 0 aliphatic carbocycles. The Morgan fingerprint density at radius 1 is 1.50 bits per heavy atom. The van der Waals surface area contributed by atoms with Crippen LogP contribution in [-0.2, 0) is 11.2 Å². The summed E-state index contributed by atoms with van der Waals surface area (Å²) in [6.07, 6.45) is 7.13. The highest BCUT2D eigenvalue weighted by Crippen LogP contribution is 2.01. The zero-order valence-corrected chi connectivity index (χ0v) is 7.89. The Balaban J connectivity index is 2.26. The van der Waals surface area contributed by atoms with Crippen LogP contribution in [0.5, 0.6) is 0 Å². The smallest absolute Gasteiger partial charge is 0.234 e. The van der Waals surface area contributed by atoms with Crippen molar-refractivity contribution in [3.8, 4) is 0 Å². The summed E-state index contributed by atoms with van der Waals surface area (Å²) in [5, 5.41) is 0. The van der Waals surface area contributed by atoms with Crippen molar-refractivity contribution >= 4 is 5.91 Å². The fourth-order valence-corrected chi connectivity index (χ4v) is 1.10. The molecule has 5 heteroatoms. The molecule has 1 aromatic rings. The SMILES string of the molecule is NC(=O)[C@@H](N)CCCc1cnccn1. The van der Waals surface area contributed by atoms with Gasteiger partial charge in [0.15, 0.2) is 0 Å². The minimum Gasteiger partial charge on any atom is -0.368 e. The maximum Gasteiger partial charge on any atom is 0.234 e. The first-order valence-electron chi connectivity index (χ1n) is 4.50. The normalized spacial score (nSPS) is 12.4. The number of primary amides is 1. The van der Waals surface area contributed by atoms with E-state index in [0.29, 0.717) is 6.42 Å². The van der Waals surface area contributed by atoms with E-state index in [1.807, 2.05) is 0 Å². The summed E-state index contributed by atoms with van der Waals surface area (Å²) in [5.74, 6) is -0.454. The maximum absolute atomic E-state index is 10.6. The molecule has 4 N–H and O–H groups in total. The van der Waals surface area contributed by atoms with Gasteiger partial charge in [-0.2, -0.15) is 0 Å². The van der Waals surface area contributed by atoms with Crippen LogP contribution in [-0.4, -0.2) is 21.9 Å². The van der Waals surface area contributed by atoms with E-state index >= 15 is 0 Å². The molecule has 76 valence electrons. The van der Waals surface area contributed by atoms with Crippen LogP contribution in [0.3, 0.4) is 0 Å². The zero-order chi connectivity index (χ0) is 10.4. The number of amides is 1. The van der Waals surface area contributed by atoms with Crippen LogP contribution in [0.15, 0.2) is 18.6 Å². The van der Waals surface area contributed by atoms with Gasteiger partial charge in [-0.05, 0) is 19.3 Å². The molecule has 0 aliphatic rings. The van der Waals surface area contributed by atoms with Crippen LogP contribution in [0.25, 0.3) is 0 Å². The topological polar surface area (TPSA) is 94.9 Å². The third kappa shape index (κ3) is 3.49. The summed E-state index contributed by atoms with van der Waals surface area (Å²) < 4.78 is 0. The Bertz CT molecular complexity index is 288. The number of hydrogen-bond acceptors (Lipinski definition) is 4. The number of carbonyl (C=O) groups excluding carboxylic acids is 1. The lowest BCUT2D eigenvalue weighted by atomic mass is 10.1. The summed E-state index contributed by atoms with van der Waals surface area (Å²) >= 11 is 0. The Kier molecular flexibility index (Phi) is 4.00. The summed E-state index contributed by atoms with van der Waals surface area (Å²) in [7, 11) is 0. The molecule has 1 amide bonds. The number of hydrogen-bond donors (Lipinski definition) is 2. The van der Waals surface area contributed by atoms with Crippen molar-refractivity contribution < 1.29 is 4.79 Å². The minimum absolute atomic E-state index is 0.454. The zero-order valence-electron chi connectivity index (χ0n) is 7.89. The molecule has 0 aromatic carbocycles. The van der Waals surface area contributed by atoms with Crippen molar-refractivity contribution in [1.82, 2.24) is 9.97 Å². The van der Waals surface area contributed by atoms with Gasteiger partial charge in [0, 0.05) is 18.6 Å². The molecular formula is C9H14N4O. The first-order chi connectivity index (χ1) is 6.70. The summed E-state index contributed by atoms with van der Waals surface area (Å²) in [4.78, 5) is 18.6. The van der Waals surface area contributed by atoms with E-state index in [4.69, 9.17) is 11.5 Å². The number of aromatic nitrogens is 2. The summed E-state index contributed by atoms with van der Waals surface area (Å²) in [6, 6.07) is -0.549. The average molecular weight is 194 g/mol. The third-order valence-electron chi connectivity index (χ3n) is 1.93. The number of aryl methyl sites for hydroxylation is 1. The van der Waals surface area contributed by atoms with Crippen molar-refractivity contribution in [3.05, 3.63) is 24.3 Å². The van der Waals surface area contributed by atoms with Crippen LogP contribution in [0.4, 0.5) is 0 Å². The van der Waals surface area contributed by atoms with Crippen molar-refractivity contribution in [2.75, 3.05) is 0 Å². The van der Waals surface area contributed by atoms with Gasteiger partial charge >= 0.3 is 0 Å². The third-order valence-corrected chi connectivity index (χ3v) is 1.93. The van der Waals surface area contributed by atoms with Crippen molar-refractivity contribution in [2.24, 2.45) is 11.5 Å². The van der Waals surface area contributed by atoms with E-state index in [1.165, 1.54) is 0 Å². The second kappa shape index (κ2) is 5.29. The van der Waals surface area contributed by atoms with E-state index < -0.39 is 11.9 Å². The van der Waals surface area contributed by atoms with Gasteiger partial charge in [-0.3, -0.25) is 14.8 Å². The van der Waals surface area contributed by atoms with E-state index in [9.17, 15) is 4.79 Å². The average Bonchev–Trinajstić information content (AvgIpc) is 2.19. The first-order valence-corrected chi connectivity index (χ1v) is 4.50. The summed E-state index contributed by atoms with van der Waals surface area (Å²) in [6.45, 7) is 0. The fraction of sp³-hybridized carbons (Fsp3) is 0.444. The number of carbonyl (C=O) groups is 1. The standard InChI is InChI=1S/C9H14N4O/c10-8(9(11)14)3-1-2-7-6-12-4-5-13-7/h4-6,8H,1-3,10H2,(H2,11,14)/t8-/m0/s1. The van der Waals surface area contributed by atoms with Crippen LogP contribution in [0, 0.1) is 0 Å².